The van der Waals surface area contributed by atoms with Crippen molar-refractivity contribution in [1.82, 2.24) is 14.5 Å². The molecule has 2 aromatic carbocycles. The van der Waals surface area contributed by atoms with Gasteiger partial charge in [0, 0.05) is 23.5 Å². The van der Waals surface area contributed by atoms with Crippen LogP contribution in [0.5, 0.6) is 0 Å². The molecule has 0 spiro atoms. The van der Waals surface area contributed by atoms with E-state index < -0.39 is 16.0 Å². The Labute approximate surface area is 244 Å². The molecule has 0 radical (unpaired) electrons. The Morgan fingerprint density at radius 1 is 1.05 bits per heavy atom. The van der Waals surface area contributed by atoms with Gasteiger partial charge in [0.15, 0.2) is 0 Å². The van der Waals surface area contributed by atoms with E-state index in [0.717, 1.165) is 22.2 Å². The van der Waals surface area contributed by atoms with Gasteiger partial charge in [0.2, 0.25) is 21.8 Å². The molecular weight excluding hydrogens is 589 g/mol. The Hall–Kier alpha value is -3.56. The van der Waals surface area contributed by atoms with Crippen LogP contribution in [0.3, 0.4) is 0 Å². The summed E-state index contributed by atoms with van der Waals surface area (Å²) in [6.07, 6.45) is 0. The minimum absolute atomic E-state index is 0.0616. The molecule has 1 saturated heterocycles. The van der Waals surface area contributed by atoms with Gasteiger partial charge >= 0.3 is 5.97 Å². The predicted molar refractivity (Wildman–Crippen MR) is 154 cm³/mol. The van der Waals surface area contributed by atoms with Crippen molar-refractivity contribution in [3.8, 4) is 21.9 Å². The molecule has 0 aliphatic carbocycles. The molecule has 11 nitrogen and oxygen atoms in total. The number of amides is 1. The highest BCUT2D eigenvalue weighted by molar-refractivity contribution is 7.99. The Morgan fingerprint density at radius 3 is 2.56 bits per heavy atom. The predicted octanol–water partition coefficient (Wildman–Crippen LogP) is 4.39. The van der Waals surface area contributed by atoms with Crippen LogP contribution >= 0.6 is 23.1 Å². The zero-order valence-electron chi connectivity index (χ0n) is 21.9. The lowest BCUT2D eigenvalue weighted by Gasteiger charge is -2.26. The summed E-state index contributed by atoms with van der Waals surface area (Å²) < 4.78 is 43.5. The molecule has 1 N–H and O–H groups in total. The number of nitrogens with zero attached hydrogens (tertiary/aromatic N) is 3. The number of thiophene rings is 1. The van der Waals surface area contributed by atoms with Gasteiger partial charge in [-0.2, -0.15) is 4.31 Å². The summed E-state index contributed by atoms with van der Waals surface area (Å²) in [6.45, 7) is 3.20. The quantitative estimate of drug-likeness (QED) is 0.202. The second-order valence-electron chi connectivity index (χ2n) is 8.69. The first kappa shape index (κ1) is 29.0. The van der Waals surface area contributed by atoms with E-state index in [1.54, 1.807) is 25.1 Å². The molecule has 1 fully saturated rings. The maximum absolute atomic E-state index is 13.0. The number of aromatic nitrogens is 2. The molecule has 1 aliphatic heterocycles. The topological polar surface area (TPSA) is 141 Å². The summed E-state index contributed by atoms with van der Waals surface area (Å²) in [5, 5.41) is 11.3. The molecule has 4 aromatic rings. The van der Waals surface area contributed by atoms with Crippen LogP contribution in [-0.2, 0) is 24.3 Å². The molecule has 0 unspecified atom stereocenters. The fourth-order valence-electron chi connectivity index (χ4n) is 3.99. The molecule has 1 aliphatic rings. The Morgan fingerprint density at radius 2 is 1.80 bits per heavy atom. The number of nitrogens with one attached hydrogen (secondary N) is 1. The van der Waals surface area contributed by atoms with Crippen molar-refractivity contribution < 1.29 is 31.9 Å². The average Bonchev–Trinajstić information content (AvgIpc) is 3.65. The van der Waals surface area contributed by atoms with Crippen molar-refractivity contribution in [1.29, 1.82) is 0 Å². The number of esters is 1. The molecule has 0 saturated carbocycles. The van der Waals surface area contributed by atoms with Crippen LogP contribution in [0.2, 0.25) is 0 Å². The molecule has 2 aromatic heterocycles. The maximum atomic E-state index is 13.0. The van der Waals surface area contributed by atoms with E-state index in [-0.39, 0.29) is 52.9 Å². The molecule has 5 rings (SSSR count). The van der Waals surface area contributed by atoms with Crippen molar-refractivity contribution in [2.24, 2.45) is 0 Å². The standard InChI is InChI=1S/C27H26N4O7S3/c1-2-37-26(33)21-16-22(18-7-4-3-5-8-18)40-25(21)28-23(32)17-39-27-30-29-24(38-27)19-9-6-10-20(15-19)41(34,35)31-11-13-36-14-12-31/h3-10,15-16H,2,11-14,17H2,1H3,(H,28,32). The third-order valence-electron chi connectivity index (χ3n) is 5.96. The third kappa shape index (κ3) is 6.85. The highest BCUT2D eigenvalue weighted by Crippen LogP contribution is 2.36. The summed E-state index contributed by atoms with van der Waals surface area (Å²) in [5.41, 5.74) is 1.63. The van der Waals surface area contributed by atoms with Gasteiger partial charge in [0.1, 0.15) is 5.00 Å². The van der Waals surface area contributed by atoms with E-state index in [1.807, 2.05) is 30.3 Å². The van der Waals surface area contributed by atoms with Gasteiger partial charge in [0.25, 0.3) is 5.22 Å². The molecule has 0 bridgehead atoms. The van der Waals surface area contributed by atoms with E-state index in [9.17, 15) is 18.0 Å². The lowest BCUT2D eigenvalue weighted by molar-refractivity contribution is -0.113. The number of anilines is 1. The molecule has 0 atom stereocenters. The van der Waals surface area contributed by atoms with E-state index in [2.05, 4.69) is 15.5 Å². The maximum Gasteiger partial charge on any atom is 0.341 e. The van der Waals surface area contributed by atoms with Crippen LogP contribution in [0.15, 0.2) is 75.2 Å². The number of hydrogen-bond donors (Lipinski definition) is 1. The van der Waals surface area contributed by atoms with Crippen molar-refractivity contribution in [2.75, 3.05) is 44.0 Å². The molecule has 214 valence electrons. The molecule has 3 heterocycles. The highest BCUT2D eigenvalue weighted by atomic mass is 32.2. The average molecular weight is 615 g/mol. The smallest absolute Gasteiger partial charge is 0.341 e. The van der Waals surface area contributed by atoms with Gasteiger partial charge in [-0.1, -0.05) is 48.2 Å². The number of morpholine rings is 1. The Kier molecular flexibility index (Phi) is 9.15. The van der Waals surface area contributed by atoms with Crippen LogP contribution in [0.4, 0.5) is 5.00 Å². The summed E-state index contributed by atoms with van der Waals surface area (Å²) >= 11 is 2.30. The number of benzene rings is 2. The van der Waals surface area contributed by atoms with Gasteiger partial charge in [0.05, 0.1) is 36.0 Å². The molecule has 41 heavy (non-hydrogen) atoms. The number of thioether (sulfide) groups is 1. The van der Waals surface area contributed by atoms with Crippen molar-refractivity contribution in [3.63, 3.8) is 0 Å². The van der Waals surface area contributed by atoms with Crippen molar-refractivity contribution in [2.45, 2.75) is 17.0 Å². The lowest BCUT2D eigenvalue weighted by atomic mass is 10.1. The fraction of sp³-hybridized carbons (Fsp3) is 0.259. The largest absolute Gasteiger partial charge is 0.462 e. The Balaban J connectivity index is 1.25. The summed E-state index contributed by atoms with van der Waals surface area (Å²) in [7, 11) is -3.69. The van der Waals surface area contributed by atoms with Gasteiger partial charge in [-0.3, -0.25) is 4.79 Å². The minimum Gasteiger partial charge on any atom is -0.462 e. The van der Waals surface area contributed by atoms with Gasteiger partial charge < -0.3 is 19.2 Å². The lowest BCUT2D eigenvalue weighted by Crippen LogP contribution is -2.40. The number of sulfonamides is 1. The number of ether oxygens (including phenoxy) is 2. The van der Waals surface area contributed by atoms with Crippen LogP contribution < -0.4 is 5.32 Å². The van der Waals surface area contributed by atoms with Gasteiger partial charge in [-0.15, -0.1) is 21.5 Å². The van der Waals surface area contributed by atoms with Crippen molar-refractivity contribution >= 4 is 50.0 Å². The normalized spacial score (nSPS) is 14.1. The number of carbonyl (C=O) groups is 2. The van der Waals surface area contributed by atoms with Crippen molar-refractivity contribution in [3.05, 3.63) is 66.2 Å². The minimum atomic E-state index is -3.69. The first-order valence-electron chi connectivity index (χ1n) is 12.7. The van der Waals surface area contributed by atoms with E-state index in [0.29, 0.717) is 23.8 Å². The van der Waals surface area contributed by atoms with E-state index in [1.165, 1.54) is 27.8 Å². The number of carbonyl (C=O) groups excluding carboxylic acids is 2. The fourth-order valence-corrected chi connectivity index (χ4v) is 7.07. The van der Waals surface area contributed by atoms with Crippen LogP contribution in [0.25, 0.3) is 21.9 Å². The Bertz CT molecular complexity index is 1630. The van der Waals surface area contributed by atoms with Gasteiger partial charge in [-0.05, 0) is 36.8 Å². The first-order chi connectivity index (χ1) is 19.8. The summed E-state index contributed by atoms with van der Waals surface area (Å²) in [4.78, 5) is 26.3. The summed E-state index contributed by atoms with van der Waals surface area (Å²) in [5.74, 6) is -0.829. The molecule has 1 amide bonds. The highest BCUT2D eigenvalue weighted by Gasteiger charge is 2.27. The van der Waals surface area contributed by atoms with Crippen LogP contribution in [-0.4, -0.2) is 73.5 Å². The van der Waals surface area contributed by atoms with Crippen LogP contribution in [0.1, 0.15) is 17.3 Å². The monoisotopic (exact) mass is 614 g/mol. The van der Waals surface area contributed by atoms with E-state index in [4.69, 9.17) is 13.9 Å². The molecular formula is C27H26N4O7S3. The van der Waals surface area contributed by atoms with Gasteiger partial charge in [-0.25, -0.2) is 13.2 Å². The number of hydrogen-bond acceptors (Lipinski definition) is 11. The third-order valence-corrected chi connectivity index (χ3v) is 9.77. The zero-order valence-corrected chi connectivity index (χ0v) is 24.4. The van der Waals surface area contributed by atoms with Crippen LogP contribution in [0, 0.1) is 0 Å². The summed E-state index contributed by atoms with van der Waals surface area (Å²) in [6, 6.07) is 17.5. The second-order valence-corrected chi connectivity index (χ2v) is 12.6. The second kappa shape index (κ2) is 13.0. The number of rotatable bonds is 10. The zero-order chi connectivity index (χ0) is 28.8. The first-order valence-corrected chi connectivity index (χ1v) is 15.9. The molecule has 14 heteroatoms. The van der Waals surface area contributed by atoms with E-state index >= 15 is 0 Å². The SMILES string of the molecule is CCOC(=O)c1cc(-c2ccccc2)sc1NC(=O)CSc1nnc(-c2cccc(S(=O)(=O)N3CCOCC3)c2)o1.